The van der Waals surface area contributed by atoms with E-state index in [0.717, 1.165) is 12.3 Å². The lowest BCUT2D eigenvalue weighted by molar-refractivity contribution is -0.128. The van der Waals surface area contributed by atoms with Gasteiger partial charge in [-0.25, -0.2) is 0 Å². The van der Waals surface area contributed by atoms with Gasteiger partial charge in [-0.1, -0.05) is 26.7 Å². The van der Waals surface area contributed by atoms with Crippen LogP contribution >= 0.6 is 0 Å². The van der Waals surface area contributed by atoms with Gasteiger partial charge in [-0.15, -0.1) is 0 Å². The zero-order chi connectivity index (χ0) is 8.77. The highest BCUT2D eigenvalue weighted by Crippen LogP contribution is 2.48. The van der Waals surface area contributed by atoms with E-state index in [-0.39, 0.29) is 5.41 Å². The van der Waals surface area contributed by atoms with Crippen LogP contribution in [0.1, 0.15) is 46.0 Å². The fourth-order valence-corrected chi connectivity index (χ4v) is 3.06. The first-order chi connectivity index (χ1) is 5.61. The van der Waals surface area contributed by atoms with Gasteiger partial charge in [0.2, 0.25) is 0 Å². The van der Waals surface area contributed by atoms with Crippen molar-refractivity contribution < 1.29 is 4.79 Å². The van der Waals surface area contributed by atoms with E-state index in [1.807, 2.05) is 0 Å². The molecule has 0 aliphatic heterocycles. The second-order valence-electron chi connectivity index (χ2n) is 5.10. The maximum atomic E-state index is 11.9. The fraction of sp³-hybridized carbons (Fsp3) is 0.909. The number of carbonyl (C=O) groups is 1. The molecular weight excluding hydrogens is 148 g/mol. The minimum Gasteiger partial charge on any atom is -0.299 e. The average Bonchev–Trinajstić information content (AvgIpc) is 2.24. The molecule has 0 bridgehead atoms. The van der Waals surface area contributed by atoms with E-state index in [1.54, 1.807) is 0 Å². The first-order valence-corrected chi connectivity index (χ1v) is 5.15. The number of rotatable bonds is 0. The van der Waals surface area contributed by atoms with Crippen molar-refractivity contribution in [3.05, 3.63) is 0 Å². The van der Waals surface area contributed by atoms with Crippen molar-refractivity contribution in [3.8, 4) is 0 Å². The van der Waals surface area contributed by atoms with Crippen LogP contribution in [-0.2, 0) is 4.79 Å². The summed E-state index contributed by atoms with van der Waals surface area (Å²) in [7, 11) is 0. The third-order valence-corrected chi connectivity index (χ3v) is 3.69. The number of hydrogen-bond donors (Lipinski definition) is 0. The summed E-state index contributed by atoms with van der Waals surface area (Å²) < 4.78 is 0. The normalized spacial score (nSPS) is 39.7. The molecule has 2 aliphatic rings. The molecule has 0 aromatic heterocycles. The molecule has 2 atom stereocenters. The topological polar surface area (TPSA) is 17.1 Å². The van der Waals surface area contributed by atoms with Gasteiger partial charge in [0.25, 0.3) is 0 Å². The Kier molecular flexibility index (Phi) is 1.78. The van der Waals surface area contributed by atoms with E-state index in [4.69, 9.17) is 0 Å². The second-order valence-corrected chi connectivity index (χ2v) is 5.10. The first kappa shape index (κ1) is 8.28. The van der Waals surface area contributed by atoms with Gasteiger partial charge in [-0.05, 0) is 25.2 Å². The smallest absolute Gasteiger partial charge is 0.141 e. The Labute approximate surface area is 74.5 Å². The monoisotopic (exact) mass is 166 g/mol. The molecule has 0 radical (unpaired) electrons. The third-order valence-electron chi connectivity index (χ3n) is 3.69. The number of Topliss-reactive ketones (excluding diaryl/α,β-unsaturated/α-hetero) is 1. The Bertz CT molecular complexity index is 205. The molecule has 68 valence electrons. The summed E-state index contributed by atoms with van der Waals surface area (Å²) in [6.07, 6.45) is 6.26. The summed E-state index contributed by atoms with van der Waals surface area (Å²) in [5.74, 6) is 1.72. The molecule has 0 saturated heterocycles. The van der Waals surface area contributed by atoms with Crippen molar-refractivity contribution >= 4 is 5.78 Å². The molecule has 1 heteroatoms. The maximum Gasteiger partial charge on any atom is 0.141 e. The van der Waals surface area contributed by atoms with E-state index in [0.29, 0.717) is 11.7 Å². The van der Waals surface area contributed by atoms with Crippen molar-refractivity contribution in [1.82, 2.24) is 0 Å². The molecule has 0 aromatic rings. The summed E-state index contributed by atoms with van der Waals surface area (Å²) in [5.41, 5.74) is -0.000324. The lowest BCUT2D eigenvalue weighted by atomic mass is 9.81. The van der Waals surface area contributed by atoms with Gasteiger partial charge >= 0.3 is 0 Å². The molecule has 2 aliphatic carbocycles. The number of carbonyl (C=O) groups excluding carboxylic acids is 1. The van der Waals surface area contributed by atoms with Crippen molar-refractivity contribution in [1.29, 1.82) is 0 Å². The highest BCUT2D eigenvalue weighted by molar-refractivity contribution is 5.88. The van der Waals surface area contributed by atoms with Gasteiger partial charge in [0, 0.05) is 11.3 Å². The maximum absolute atomic E-state index is 11.9. The van der Waals surface area contributed by atoms with E-state index in [9.17, 15) is 4.79 Å². The second kappa shape index (κ2) is 2.58. The van der Waals surface area contributed by atoms with E-state index in [1.165, 1.54) is 25.7 Å². The predicted molar refractivity (Wildman–Crippen MR) is 48.9 cm³/mol. The van der Waals surface area contributed by atoms with Crippen LogP contribution in [0.3, 0.4) is 0 Å². The van der Waals surface area contributed by atoms with Gasteiger partial charge < -0.3 is 0 Å². The van der Waals surface area contributed by atoms with Crippen LogP contribution in [-0.4, -0.2) is 5.78 Å². The predicted octanol–water partition coefficient (Wildman–Crippen LogP) is 2.79. The van der Waals surface area contributed by atoms with Gasteiger partial charge in [0.05, 0.1) is 0 Å². The Morgan fingerprint density at radius 3 is 2.58 bits per heavy atom. The molecule has 0 heterocycles. The standard InChI is InChI=1S/C11H18O/c1-11(2)7-8-5-3-4-6-9(8)10(11)12/h8-9H,3-7H2,1-2H3/t8-,9-/m0/s1. The molecule has 2 saturated carbocycles. The van der Waals surface area contributed by atoms with Crippen LogP contribution in [0.4, 0.5) is 0 Å². The van der Waals surface area contributed by atoms with Crippen LogP contribution in [0.25, 0.3) is 0 Å². The van der Waals surface area contributed by atoms with Crippen LogP contribution in [0.5, 0.6) is 0 Å². The van der Waals surface area contributed by atoms with Gasteiger partial charge in [0.15, 0.2) is 0 Å². The summed E-state index contributed by atoms with van der Waals surface area (Å²) >= 11 is 0. The highest BCUT2D eigenvalue weighted by Gasteiger charge is 2.47. The lowest BCUT2D eigenvalue weighted by Gasteiger charge is -2.22. The first-order valence-electron chi connectivity index (χ1n) is 5.15. The van der Waals surface area contributed by atoms with Crippen molar-refractivity contribution in [2.24, 2.45) is 17.3 Å². The third kappa shape index (κ3) is 1.10. The summed E-state index contributed by atoms with van der Waals surface area (Å²) in [4.78, 5) is 11.9. The summed E-state index contributed by atoms with van der Waals surface area (Å²) in [6, 6.07) is 0. The Morgan fingerprint density at radius 2 is 1.92 bits per heavy atom. The molecule has 2 rings (SSSR count). The summed E-state index contributed by atoms with van der Waals surface area (Å²) in [6.45, 7) is 4.24. The Morgan fingerprint density at radius 1 is 1.25 bits per heavy atom. The van der Waals surface area contributed by atoms with E-state index < -0.39 is 0 Å². The summed E-state index contributed by atoms with van der Waals surface area (Å²) in [5, 5.41) is 0. The van der Waals surface area contributed by atoms with Crippen LogP contribution in [0, 0.1) is 17.3 Å². The van der Waals surface area contributed by atoms with Gasteiger partial charge in [-0.2, -0.15) is 0 Å². The number of fused-ring (bicyclic) bond motifs is 1. The molecular formula is C11H18O. The fourth-order valence-electron chi connectivity index (χ4n) is 3.06. The Balaban J connectivity index is 2.19. The number of ketones is 1. The van der Waals surface area contributed by atoms with Gasteiger partial charge in [0.1, 0.15) is 5.78 Å². The number of hydrogen-bond acceptors (Lipinski definition) is 1. The molecule has 0 N–H and O–H groups in total. The van der Waals surface area contributed by atoms with Crippen molar-refractivity contribution in [2.75, 3.05) is 0 Å². The zero-order valence-electron chi connectivity index (χ0n) is 8.10. The van der Waals surface area contributed by atoms with Crippen LogP contribution in [0.2, 0.25) is 0 Å². The van der Waals surface area contributed by atoms with Crippen LogP contribution in [0.15, 0.2) is 0 Å². The van der Waals surface area contributed by atoms with Crippen molar-refractivity contribution in [3.63, 3.8) is 0 Å². The molecule has 0 amide bonds. The molecule has 1 nitrogen and oxygen atoms in total. The molecule has 0 spiro atoms. The molecule has 2 fully saturated rings. The average molecular weight is 166 g/mol. The molecule has 12 heavy (non-hydrogen) atoms. The SMILES string of the molecule is CC1(C)C[C@@H]2CCCC[C@@H]2C1=O. The largest absolute Gasteiger partial charge is 0.299 e. The van der Waals surface area contributed by atoms with Crippen molar-refractivity contribution in [2.45, 2.75) is 46.0 Å². The molecule has 0 unspecified atom stereocenters. The van der Waals surface area contributed by atoms with E-state index >= 15 is 0 Å². The zero-order valence-corrected chi connectivity index (χ0v) is 8.10. The lowest BCUT2D eigenvalue weighted by Crippen LogP contribution is -2.23. The molecule has 0 aromatic carbocycles. The minimum atomic E-state index is -0.000324. The minimum absolute atomic E-state index is 0.000324. The van der Waals surface area contributed by atoms with Crippen LogP contribution < -0.4 is 0 Å². The van der Waals surface area contributed by atoms with Gasteiger partial charge in [-0.3, -0.25) is 4.79 Å². The highest BCUT2D eigenvalue weighted by atomic mass is 16.1. The van der Waals surface area contributed by atoms with E-state index in [2.05, 4.69) is 13.8 Å². The quantitative estimate of drug-likeness (QED) is 0.541. The Hall–Kier alpha value is -0.330.